The molecule has 0 saturated carbocycles. The van der Waals surface area contributed by atoms with Gasteiger partial charge in [-0.2, -0.15) is 0 Å². The molecule has 0 aliphatic heterocycles. The second-order valence-corrected chi connectivity index (χ2v) is 6.72. The predicted octanol–water partition coefficient (Wildman–Crippen LogP) is 4.54. The average molecular weight is 340 g/mol. The third-order valence-electron chi connectivity index (χ3n) is 3.36. The number of hydrogen-bond donors (Lipinski definition) is 0. The maximum atomic E-state index is 6.36. The van der Waals surface area contributed by atoms with E-state index in [0.717, 1.165) is 34.7 Å². The predicted molar refractivity (Wildman–Crippen MR) is 89.8 cm³/mol. The molecule has 0 atom stereocenters. The summed E-state index contributed by atoms with van der Waals surface area (Å²) in [6, 6.07) is 5.80. The summed E-state index contributed by atoms with van der Waals surface area (Å²) in [5.41, 5.74) is 1.88. The molecule has 0 aliphatic rings. The molecule has 0 amide bonds. The molecule has 0 unspecified atom stereocenters. The molecule has 3 rings (SSSR count). The van der Waals surface area contributed by atoms with Crippen LogP contribution in [0.3, 0.4) is 0 Å². The molecule has 0 saturated heterocycles. The number of rotatable bonds is 5. The molecule has 110 valence electrons. The monoisotopic (exact) mass is 339 g/mol. The molecular weight excluding hydrogens is 325 g/mol. The third-order valence-corrected chi connectivity index (χ3v) is 4.98. The van der Waals surface area contributed by atoms with Crippen LogP contribution >= 0.6 is 34.5 Å². The number of fused-ring (bicyclic) bond motifs is 1. The Morgan fingerprint density at radius 1 is 1.33 bits per heavy atom. The summed E-state index contributed by atoms with van der Waals surface area (Å²) in [6.45, 7) is 2.83. The van der Waals surface area contributed by atoms with Crippen molar-refractivity contribution in [3.63, 3.8) is 0 Å². The molecule has 3 aromatic rings. The number of thiazole rings is 1. The minimum Gasteiger partial charge on any atom is -0.320 e. The van der Waals surface area contributed by atoms with E-state index >= 15 is 0 Å². The van der Waals surface area contributed by atoms with E-state index in [1.165, 1.54) is 4.88 Å². The van der Waals surface area contributed by atoms with Gasteiger partial charge in [0.15, 0.2) is 0 Å². The van der Waals surface area contributed by atoms with Crippen molar-refractivity contribution >= 4 is 45.6 Å². The van der Waals surface area contributed by atoms with Crippen LogP contribution in [0.2, 0.25) is 5.02 Å². The number of imidazole rings is 1. The Hall–Kier alpha value is -1.10. The highest BCUT2D eigenvalue weighted by Gasteiger charge is 2.14. The summed E-state index contributed by atoms with van der Waals surface area (Å²) in [5.74, 6) is 1.50. The molecule has 2 heterocycles. The van der Waals surface area contributed by atoms with Gasteiger partial charge in [-0.05, 0) is 18.6 Å². The SMILES string of the molecule is CCc1cnc(Cn2c(CCCl)nc3cccc(Cl)c32)s1. The second-order valence-electron chi connectivity index (χ2n) is 4.73. The van der Waals surface area contributed by atoms with Gasteiger partial charge in [-0.15, -0.1) is 22.9 Å². The molecule has 2 aromatic heterocycles. The van der Waals surface area contributed by atoms with Crippen molar-refractivity contribution < 1.29 is 0 Å². The van der Waals surface area contributed by atoms with Crippen molar-refractivity contribution in [1.29, 1.82) is 0 Å². The van der Waals surface area contributed by atoms with Crippen molar-refractivity contribution in [2.24, 2.45) is 0 Å². The van der Waals surface area contributed by atoms with Gasteiger partial charge in [0.2, 0.25) is 0 Å². The van der Waals surface area contributed by atoms with Crippen molar-refractivity contribution in [3.05, 3.63) is 45.1 Å². The Kier molecular flexibility index (Phi) is 4.48. The van der Waals surface area contributed by atoms with Gasteiger partial charge >= 0.3 is 0 Å². The van der Waals surface area contributed by atoms with Gasteiger partial charge in [-0.3, -0.25) is 0 Å². The van der Waals surface area contributed by atoms with Crippen LogP contribution in [0.15, 0.2) is 24.4 Å². The number of benzene rings is 1. The summed E-state index contributed by atoms with van der Waals surface area (Å²) >= 11 is 14.0. The number of aryl methyl sites for hydroxylation is 2. The third kappa shape index (κ3) is 2.93. The van der Waals surface area contributed by atoms with E-state index in [0.29, 0.717) is 17.4 Å². The smallest absolute Gasteiger partial charge is 0.113 e. The molecule has 1 aromatic carbocycles. The van der Waals surface area contributed by atoms with Crippen molar-refractivity contribution in [2.45, 2.75) is 26.3 Å². The molecule has 6 heteroatoms. The van der Waals surface area contributed by atoms with Gasteiger partial charge in [0.25, 0.3) is 0 Å². The van der Waals surface area contributed by atoms with Crippen LogP contribution in [0.1, 0.15) is 22.6 Å². The number of hydrogen-bond acceptors (Lipinski definition) is 3. The topological polar surface area (TPSA) is 30.7 Å². The number of nitrogens with zero attached hydrogens (tertiary/aromatic N) is 3. The summed E-state index contributed by atoms with van der Waals surface area (Å²) < 4.78 is 2.14. The maximum Gasteiger partial charge on any atom is 0.113 e. The van der Waals surface area contributed by atoms with E-state index in [4.69, 9.17) is 23.2 Å². The number of alkyl halides is 1. The van der Waals surface area contributed by atoms with Crippen molar-refractivity contribution in [3.8, 4) is 0 Å². The van der Waals surface area contributed by atoms with Crippen LogP contribution in [0.5, 0.6) is 0 Å². The summed E-state index contributed by atoms with van der Waals surface area (Å²) in [7, 11) is 0. The van der Waals surface area contributed by atoms with Gasteiger partial charge in [0, 0.05) is 23.4 Å². The minimum absolute atomic E-state index is 0.541. The van der Waals surface area contributed by atoms with Crippen LogP contribution < -0.4 is 0 Å². The fourth-order valence-corrected chi connectivity index (χ4v) is 3.65. The van der Waals surface area contributed by atoms with E-state index in [-0.39, 0.29) is 0 Å². The minimum atomic E-state index is 0.541. The molecule has 0 fully saturated rings. The lowest BCUT2D eigenvalue weighted by Crippen LogP contribution is -2.06. The fourth-order valence-electron chi connectivity index (χ4n) is 2.36. The normalized spacial score (nSPS) is 11.4. The lowest BCUT2D eigenvalue weighted by Gasteiger charge is -2.07. The zero-order valence-corrected chi connectivity index (χ0v) is 14.0. The van der Waals surface area contributed by atoms with Crippen molar-refractivity contribution in [1.82, 2.24) is 14.5 Å². The molecule has 3 nitrogen and oxygen atoms in total. The van der Waals surface area contributed by atoms with Crippen LogP contribution in [0.4, 0.5) is 0 Å². The molecule has 0 spiro atoms. The average Bonchev–Trinajstić information content (AvgIpc) is 3.06. The Morgan fingerprint density at radius 3 is 2.90 bits per heavy atom. The van der Waals surface area contributed by atoms with Crippen LogP contribution in [-0.4, -0.2) is 20.4 Å². The Morgan fingerprint density at radius 2 is 2.19 bits per heavy atom. The summed E-state index contributed by atoms with van der Waals surface area (Å²) in [5, 5.41) is 1.79. The van der Waals surface area contributed by atoms with Crippen LogP contribution in [0.25, 0.3) is 11.0 Å². The van der Waals surface area contributed by atoms with Crippen LogP contribution in [0, 0.1) is 0 Å². The Bertz CT molecular complexity index is 763. The van der Waals surface area contributed by atoms with E-state index in [1.807, 2.05) is 24.4 Å². The van der Waals surface area contributed by atoms with E-state index < -0.39 is 0 Å². The molecule has 0 radical (unpaired) electrons. The first-order chi connectivity index (χ1) is 10.2. The zero-order chi connectivity index (χ0) is 14.8. The molecule has 0 aliphatic carbocycles. The van der Waals surface area contributed by atoms with Crippen LogP contribution in [-0.2, 0) is 19.4 Å². The molecule has 0 bridgehead atoms. The van der Waals surface area contributed by atoms with Gasteiger partial charge in [0.05, 0.1) is 22.6 Å². The number of aromatic nitrogens is 3. The fraction of sp³-hybridized carbons (Fsp3) is 0.333. The Labute approximate surface area is 137 Å². The molecule has 21 heavy (non-hydrogen) atoms. The molecule has 0 N–H and O–H groups in total. The second kappa shape index (κ2) is 6.34. The summed E-state index contributed by atoms with van der Waals surface area (Å²) in [6.07, 6.45) is 3.68. The largest absolute Gasteiger partial charge is 0.320 e. The first-order valence-electron chi connectivity index (χ1n) is 6.86. The number of para-hydroxylation sites is 1. The maximum absolute atomic E-state index is 6.36. The molecular formula is C15H15Cl2N3S. The van der Waals surface area contributed by atoms with Crippen molar-refractivity contribution in [2.75, 3.05) is 5.88 Å². The summed E-state index contributed by atoms with van der Waals surface area (Å²) in [4.78, 5) is 10.4. The highest BCUT2D eigenvalue weighted by atomic mass is 35.5. The first-order valence-corrected chi connectivity index (χ1v) is 8.59. The first kappa shape index (κ1) is 14.8. The quantitative estimate of drug-likeness (QED) is 0.639. The van der Waals surface area contributed by atoms with Gasteiger partial charge in [-0.25, -0.2) is 9.97 Å². The van der Waals surface area contributed by atoms with E-state index in [9.17, 15) is 0 Å². The number of halogens is 2. The van der Waals surface area contributed by atoms with E-state index in [2.05, 4.69) is 21.5 Å². The highest BCUT2D eigenvalue weighted by molar-refractivity contribution is 7.11. The highest BCUT2D eigenvalue weighted by Crippen LogP contribution is 2.26. The van der Waals surface area contributed by atoms with Gasteiger partial charge < -0.3 is 4.57 Å². The lowest BCUT2D eigenvalue weighted by atomic mass is 10.3. The Balaban J connectivity index is 2.07. The van der Waals surface area contributed by atoms with Gasteiger partial charge in [0.1, 0.15) is 10.8 Å². The van der Waals surface area contributed by atoms with Gasteiger partial charge in [-0.1, -0.05) is 24.6 Å². The lowest BCUT2D eigenvalue weighted by molar-refractivity contribution is 0.750. The van der Waals surface area contributed by atoms with E-state index in [1.54, 1.807) is 11.3 Å². The zero-order valence-electron chi connectivity index (χ0n) is 11.6. The standard InChI is InChI=1S/C15H15Cl2N3S/c1-2-10-8-18-14(21-10)9-20-13(6-7-16)19-12-5-3-4-11(17)15(12)20/h3-5,8H,2,6-7,9H2,1H3.